The number of hydrogen-bond donors (Lipinski definition) is 2. The Balaban J connectivity index is 2.92. The molecule has 5 nitrogen and oxygen atoms in total. The minimum atomic E-state index is -3.64. The van der Waals surface area contributed by atoms with E-state index in [-0.39, 0.29) is 4.90 Å². The lowest BCUT2D eigenvalue weighted by molar-refractivity contribution is 0.598. The Morgan fingerprint density at radius 2 is 1.88 bits per heavy atom. The quantitative estimate of drug-likeness (QED) is 0.610. The molecule has 1 rings (SSSR count). The van der Waals surface area contributed by atoms with E-state index >= 15 is 0 Å². The first kappa shape index (κ1) is 12.7. The van der Waals surface area contributed by atoms with E-state index in [1.165, 1.54) is 12.1 Å². The normalized spacial score (nSPS) is 12.8. The molecule has 6 heteroatoms. The Labute approximate surface area is 95.2 Å². The van der Waals surface area contributed by atoms with E-state index in [2.05, 4.69) is 4.99 Å². The maximum absolute atomic E-state index is 11.0. The Bertz CT molecular complexity index is 477. The largest absolute Gasteiger partial charge is 0.387 e. The average Bonchev–Trinajstić information content (AvgIpc) is 2.17. The van der Waals surface area contributed by atoms with Crippen LogP contribution < -0.4 is 10.9 Å². The molecule has 0 amide bonds. The van der Waals surface area contributed by atoms with E-state index in [9.17, 15) is 8.42 Å². The molecule has 0 saturated carbocycles. The van der Waals surface area contributed by atoms with Crippen molar-refractivity contribution in [2.24, 2.45) is 15.9 Å². The minimum absolute atomic E-state index is 0.0699. The van der Waals surface area contributed by atoms with Crippen LogP contribution in [0.25, 0.3) is 0 Å². The van der Waals surface area contributed by atoms with Crippen molar-refractivity contribution in [1.29, 1.82) is 0 Å². The Morgan fingerprint density at radius 3 is 2.31 bits per heavy atom. The third-order valence-corrected chi connectivity index (χ3v) is 2.87. The topological polar surface area (TPSA) is 98.5 Å². The van der Waals surface area contributed by atoms with Gasteiger partial charge in [0.05, 0.1) is 16.4 Å². The molecule has 1 aromatic carbocycles. The van der Waals surface area contributed by atoms with Crippen molar-refractivity contribution >= 4 is 21.5 Å². The average molecular weight is 241 g/mol. The van der Waals surface area contributed by atoms with Gasteiger partial charge in [0, 0.05) is 6.42 Å². The van der Waals surface area contributed by atoms with E-state index < -0.39 is 10.0 Å². The van der Waals surface area contributed by atoms with E-state index in [1.807, 2.05) is 6.92 Å². The molecule has 0 aliphatic rings. The van der Waals surface area contributed by atoms with Crippen LogP contribution in [0.5, 0.6) is 0 Å². The summed E-state index contributed by atoms with van der Waals surface area (Å²) in [7, 11) is -3.64. The molecule has 16 heavy (non-hydrogen) atoms. The maximum atomic E-state index is 11.0. The molecule has 4 N–H and O–H groups in total. The highest BCUT2D eigenvalue weighted by Crippen LogP contribution is 2.15. The fourth-order valence-corrected chi connectivity index (χ4v) is 1.70. The molecule has 0 aromatic heterocycles. The third kappa shape index (κ3) is 3.63. The Hall–Kier alpha value is -1.40. The standard InChI is InChI=1S/C10H15N3O2S/c1-2-3-10(11)13-8-4-6-9(7-5-8)16(12,14)15/h4-7H,2-3H2,1H3,(H2,11,13)(H2,12,14,15). The summed E-state index contributed by atoms with van der Waals surface area (Å²) in [4.78, 5) is 4.20. The molecule has 1 aromatic rings. The number of nitrogens with zero attached hydrogens (tertiary/aromatic N) is 1. The van der Waals surface area contributed by atoms with Crippen LogP contribution in [0.2, 0.25) is 0 Å². The molecule has 0 spiro atoms. The van der Waals surface area contributed by atoms with E-state index in [1.54, 1.807) is 12.1 Å². The highest BCUT2D eigenvalue weighted by Gasteiger charge is 2.06. The number of hydrogen-bond acceptors (Lipinski definition) is 3. The zero-order chi connectivity index (χ0) is 12.2. The summed E-state index contributed by atoms with van der Waals surface area (Å²) in [6.07, 6.45) is 1.64. The highest BCUT2D eigenvalue weighted by atomic mass is 32.2. The zero-order valence-corrected chi connectivity index (χ0v) is 9.87. The van der Waals surface area contributed by atoms with Crippen molar-refractivity contribution in [2.75, 3.05) is 0 Å². The van der Waals surface area contributed by atoms with Crippen molar-refractivity contribution in [2.45, 2.75) is 24.7 Å². The monoisotopic (exact) mass is 241 g/mol. The lowest BCUT2D eigenvalue weighted by Gasteiger charge is -2.00. The van der Waals surface area contributed by atoms with Crippen LogP contribution in [0.4, 0.5) is 5.69 Å². The highest BCUT2D eigenvalue weighted by molar-refractivity contribution is 7.89. The molecule has 0 aliphatic heterocycles. The van der Waals surface area contributed by atoms with Gasteiger partial charge in [-0.3, -0.25) is 0 Å². The number of primary sulfonamides is 1. The Morgan fingerprint density at radius 1 is 1.31 bits per heavy atom. The van der Waals surface area contributed by atoms with Gasteiger partial charge in [0.1, 0.15) is 0 Å². The van der Waals surface area contributed by atoms with Crippen molar-refractivity contribution in [1.82, 2.24) is 0 Å². The number of amidine groups is 1. The summed E-state index contributed by atoms with van der Waals surface area (Å²) in [6, 6.07) is 5.96. The molecule has 0 radical (unpaired) electrons. The van der Waals surface area contributed by atoms with Gasteiger partial charge in [-0.05, 0) is 30.7 Å². The van der Waals surface area contributed by atoms with E-state index in [0.717, 1.165) is 12.8 Å². The molecule has 88 valence electrons. The number of nitrogens with two attached hydrogens (primary N) is 2. The van der Waals surface area contributed by atoms with Crippen molar-refractivity contribution < 1.29 is 8.42 Å². The van der Waals surface area contributed by atoms with E-state index in [4.69, 9.17) is 10.9 Å². The van der Waals surface area contributed by atoms with Crippen LogP contribution in [0.1, 0.15) is 19.8 Å². The second-order valence-electron chi connectivity index (χ2n) is 3.39. The van der Waals surface area contributed by atoms with E-state index in [0.29, 0.717) is 11.5 Å². The summed E-state index contributed by atoms with van der Waals surface area (Å²) in [5, 5.41) is 4.97. The maximum Gasteiger partial charge on any atom is 0.238 e. The summed E-state index contributed by atoms with van der Waals surface area (Å²) >= 11 is 0. The molecule has 0 saturated heterocycles. The first-order valence-corrected chi connectivity index (χ1v) is 6.44. The second-order valence-corrected chi connectivity index (χ2v) is 4.95. The predicted molar refractivity (Wildman–Crippen MR) is 64.0 cm³/mol. The SMILES string of the molecule is CCCC(N)=Nc1ccc(S(N)(=O)=O)cc1. The first-order chi connectivity index (χ1) is 7.43. The van der Waals surface area contributed by atoms with Gasteiger partial charge in [-0.2, -0.15) is 0 Å². The number of aliphatic imine (C=N–C) groups is 1. The van der Waals surface area contributed by atoms with Gasteiger partial charge in [-0.25, -0.2) is 18.5 Å². The number of sulfonamides is 1. The van der Waals surface area contributed by atoms with Gasteiger partial charge in [-0.15, -0.1) is 0 Å². The summed E-state index contributed by atoms with van der Waals surface area (Å²) in [6.45, 7) is 2.01. The van der Waals surface area contributed by atoms with Gasteiger partial charge < -0.3 is 5.73 Å². The summed E-state index contributed by atoms with van der Waals surface area (Å²) in [5.41, 5.74) is 6.27. The lowest BCUT2D eigenvalue weighted by atomic mass is 10.3. The van der Waals surface area contributed by atoms with Crippen LogP contribution in [-0.4, -0.2) is 14.3 Å². The zero-order valence-electron chi connectivity index (χ0n) is 9.05. The van der Waals surface area contributed by atoms with Crippen LogP contribution in [0.15, 0.2) is 34.2 Å². The van der Waals surface area contributed by atoms with Crippen LogP contribution in [0, 0.1) is 0 Å². The molecule has 0 aliphatic carbocycles. The fraction of sp³-hybridized carbons (Fsp3) is 0.300. The van der Waals surface area contributed by atoms with Gasteiger partial charge in [0.2, 0.25) is 10.0 Å². The van der Waals surface area contributed by atoms with Gasteiger partial charge in [0.25, 0.3) is 0 Å². The minimum Gasteiger partial charge on any atom is -0.387 e. The van der Waals surface area contributed by atoms with Gasteiger partial charge >= 0.3 is 0 Å². The van der Waals surface area contributed by atoms with Crippen molar-refractivity contribution in [3.05, 3.63) is 24.3 Å². The predicted octanol–water partition coefficient (Wildman–Crippen LogP) is 1.12. The summed E-state index contributed by atoms with van der Waals surface area (Å²) in [5.74, 6) is 0.533. The smallest absolute Gasteiger partial charge is 0.238 e. The van der Waals surface area contributed by atoms with Crippen molar-refractivity contribution in [3.63, 3.8) is 0 Å². The third-order valence-electron chi connectivity index (χ3n) is 1.94. The summed E-state index contributed by atoms with van der Waals surface area (Å²) < 4.78 is 22.0. The Kier molecular flexibility index (Phi) is 4.03. The fourth-order valence-electron chi connectivity index (χ4n) is 1.19. The van der Waals surface area contributed by atoms with Gasteiger partial charge in [-0.1, -0.05) is 6.92 Å². The molecule has 0 heterocycles. The first-order valence-electron chi connectivity index (χ1n) is 4.89. The van der Waals surface area contributed by atoms with Crippen molar-refractivity contribution in [3.8, 4) is 0 Å². The van der Waals surface area contributed by atoms with Gasteiger partial charge in [0.15, 0.2) is 0 Å². The number of benzene rings is 1. The molecule has 0 atom stereocenters. The molecule has 0 unspecified atom stereocenters. The van der Waals surface area contributed by atoms with Crippen LogP contribution in [-0.2, 0) is 10.0 Å². The van der Waals surface area contributed by atoms with Crippen LogP contribution >= 0.6 is 0 Å². The molecule has 0 fully saturated rings. The van der Waals surface area contributed by atoms with Crippen LogP contribution in [0.3, 0.4) is 0 Å². The molecular formula is C10H15N3O2S. The molecular weight excluding hydrogens is 226 g/mol. The second kappa shape index (κ2) is 5.09. The number of rotatable bonds is 4. The lowest BCUT2D eigenvalue weighted by Crippen LogP contribution is -2.12. The molecule has 0 bridgehead atoms.